The predicted molar refractivity (Wildman–Crippen MR) is 61.9 cm³/mol. The molecule has 0 amide bonds. The van der Waals surface area contributed by atoms with Crippen molar-refractivity contribution < 1.29 is 13.0 Å². The molecule has 16 heavy (non-hydrogen) atoms. The molecule has 5 nitrogen and oxygen atoms in total. The van der Waals surface area contributed by atoms with Gasteiger partial charge < -0.3 is 0 Å². The van der Waals surface area contributed by atoms with Gasteiger partial charge in [0.2, 0.25) is 0 Å². The monoisotopic (exact) mass is 258 g/mol. The van der Waals surface area contributed by atoms with Crippen molar-refractivity contribution in [1.82, 2.24) is 4.98 Å². The number of hydrogen-bond acceptors (Lipinski definition) is 3. The van der Waals surface area contributed by atoms with Gasteiger partial charge in [-0.05, 0) is 24.3 Å². The summed E-state index contributed by atoms with van der Waals surface area (Å²) in [5, 5.41) is 1.06. The molecule has 0 spiro atoms. The summed E-state index contributed by atoms with van der Waals surface area (Å²) in [6.07, 6.45) is 1.42. The summed E-state index contributed by atoms with van der Waals surface area (Å²) in [7, 11) is -4.29. The van der Waals surface area contributed by atoms with Crippen LogP contribution in [0.15, 0.2) is 30.5 Å². The van der Waals surface area contributed by atoms with Gasteiger partial charge >= 0.3 is 10.3 Å². The Labute approximate surface area is 96.9 Å². The van der Waals surface area contributed by atoms with E-state index in [2.05, 4.69) is 4.98 Å². The number of hydrogen-bond donors (Lipinski definition) is 2. The molecule has 0 saturated heterocycles. The Balaban J connectivity index is 2.63. The molecular formula is C9H7ClN2O3S. The molecule has 1 aromatic carbocycles. The molecule has 0 bridgehead atoms. The maximum Gasteiger partial charge on any atom is 0.357 e. The summed E-state index contributed by atoms with van der Waals surface area (Å²) in [4.78, 5) is 4.03. The van der Waals surface area contributed by atoms with Crippen molar-refractivity contribution in [3.8, 4) is 0 Å². The summed E-state index contributed by atoms with van der Waals surface area (Å²) in [5.74, 6) is 0. The van der Waals surface area contributed by atoms with E-state index in [1.807, 2.05) is 4.72 Å². The third kappa shape index (κ3) is 2.41. The fourth-order valence-corrected chi connectivity index (χ4v) is 1.97. The van der Waals surface area contributed by atoms with Crippen molar-refractivity contribution in [1.29, 1.82) is 0 Å². The highest BCUT2D eigenvalue weighted by Gasteiger charge is 2.08. The predicted octanol–water partition coefficient (Wildman–Crippen LogP) is 2.10. The second-order valence-corrected chi connectivity index (χ2v) is 4.69. The average molecular weight is 259 g/mol. The van der Waals surface area contributed by atoms with Crippen LogP contribution in [-0.4, -0.2) is 18.0 Å². The van der Waals surface area contributed by atoms with Crippen LogP contribution in [0.25, 0.3) is 10.9 Å². The SMILES string of the molecule is O=S(=O)(O)Nc1ccnc2cc(Cl)ccc12. The lowest BCUT2D eigenvalue weighted by molar-refractivity contribution is 0.490. The van der Waals surface area contributed by atoms with Gasteiger partial charge in [0.05, 0.1) is 11.2 Å². The van der Waals surface area contributed by atoms with Gasteiger partial charge in [-0.2, -0.15) is 8.42 Å². The number of fused-ring (bicyclic) bond motifs is 1. The van der Waals surface area contributed by atoms with E-state index in [-0.39, 0.29) is 5.69 Å². The Bertz CT molecular complexity index is 642. The van der Waals surface area contributed by atoms with Crippen molar-refractivity contribution in [3.05, 3.63) is 35.5 Å². The van der Waals surface area contributed by atoms with E-state index in [4.69, 9.17) is 16.2 Å². The Kier molecular flexibility index (Phi) is 2.71. The van der Waals surface area contributed by atoms with Gasteiger partial charge in [-0.15, -0.1) is 0 Å². The molecule has 0 saturated carbocycles. The van der Waals surface area contributed by atoms with Crippen molar-refractivity contribution >= 4 is 38.5 Å². The normalized spacial score (nSPS) is 11.6. The molecule has 0 unspecified atom stereocenters. The van der Waals surface area contributed by atoms with Crippen LogP contribution < -0.4 is 4.72 Å². The molecule has 1 heterocycles. The number of pyridine rings is 1. The van der Waals surface area contributed by atoms with Crippen molar-refractivity contribution in [2.24, 2.45) is 0 Å². The quantitative estimate of drug-likeness (QED) is 0.809. The van der Waals surface area contributed by atoms with Crippen LogP contribution in [0.4, 0.5) is 5.69 Å². The minimum Gasteiger partial charge on any atom is -0.269 e. The Morgan fingerprint density at radius 1 is 1.31 bits per heavy atom. The molecule has 0 aliphatic rings. The smallest absolute Gasteiger partial charge is 0.269 e. The fourth-order valence-electron chi connectivity index (χ4n) is 1.35. The van der Waals surface area contributed by atoms with Gasteiger partial charge in [-0.25, -0.2) is 0 Å². The van der Waals surface area contributed by atoms with Crippen molar-refractivity contribution in [3.63, 3.8) is 0 Å². The van der Waals surface area contributed by atoms with Crippen LogP contribution in [0, 0.1) is 0 Å². The summed E-state index contributed by atoms with van der Waals surface area (Å²) >= 11 is 5.78. The molecule has 7 heteroatoms. The summed E-state index contributed by atoms with van der Waals surface area (Å²) < 4.78 is 32.1. The van der Waals surface area contributed by atoms with Gasteiger partial charge in [-0.1, -0.05) is 11.6 Å². The lowest BCUT2D eigenvalue weighted by Gasteiger charge is -2.06. The number of rotatable bonds is 2. The van der Waals surface area contributed by atoms with Gasteiger partial charge in [-0.3, -0.25) is 14.3 Å². The first kappa shape index (κ1) is 11.1. The summed E-state index contributed by atoms with van der Waals surface area (Å²) in [6, 6.07) is 6.29. The zero-order chi connectivity index (χ0) is 11.8. The summed E-state index contributed by atoms with van der Waals surface area (Å²) in [5.41, 5.74) is 0.797. The van der Waals surface area contributed by atoms with Crippen LogP contribution in [0.3, 0.4) is 0 Å². The van der Waals surface area contributed by atoms with Crippen LogP contribution in [0.5, 0.6) is 0 Å². The van der Waals surface area contributed by atoms with E-state index in [1.165, 1.54) is 12.3 Å². The lowest BCUT2D eigenvalue weighted by Crippen LogP contribution is -2.10. The van der Waals surface area contributed by atoms with Crippen LogP contribution in [0.2, 0.25) is 5.02 Å². The number of benzene rings is 1. The molecule has 0 aliphatic heterocycles. The maximum atomic E-state index is 10.7. The van der Waals surface area contributed by atoms with E-state index in [0.29, 0.717) is 15.9 Å². The molecule has 2 aromatic rings. The maximum absolute atomic E-state index is 10.7. The first-order valence-corrected chi connectivity index (χ1v) is 6.07. The van der Waals surface area contributed by atoms with Crippen LogP contribution in [-0.2, 0) is 10.3 Å². The highest BCUT2D eigenvalue weighted by atomic mass is 35.5. The number of nitrogens with one attached hydrogen (secondary N) is 1. The largest absolute Gasteiger partial charge is 0.357 e. The molecule has 1 aromatic heterocycles. The highest BCUT2D eigenvalue weighted by molar-refractivity contribution is 7.87. The highest BCUT2D eigenvalue weighted by Crippen LogP contribution is 2.24. The van der Waals surface area contributed by atoms with Gasteiger partial charge in [0, 0.05) is 16.6 Å². The molecule has 2 rings (SSSR count). The standard InChI is InChI=1S/C9H7ClN2O3S/c10-6-1-2-7-8(12-16(13,14)15)3-4-11-9(7)5-6/h1-5H,(H,11,12)(H,13,14,15). The second-order valence-electron chi connectivity index (χ2n) is 3.10. The minimum absolute atomic E-state index is 0.254. The zero-order valence-electron chi connectivity index (χ0n) is 7.88. The number of aromatic nitrogens is 1. The van der Waals surface area contributed by atoms with E-state index in [1.54, 1.807) is 18.2 Å². The Morgan fingerprint density at radius 3 is 2.75 bits per heavy atom. The van der Waals surface area contributed by atoms with Crippen molar-refractivity contribution in [2.75, 3.05) is 4.72 Å². The first-order chi connectivity index (χ1) is 7.46. The lowest BCUT2D eigenvalue weighted by atomic mass is 10.2. The molecule has 2 N–H and O–H groups in total. The molecular weight excluding hydrogens is 252 g/mol. The summed E-state index contributed by atoms with van der Waals surface area (Å²) in [6.45, 7) is 0. The second kappa shape index (κ2) is 3.89. The van der Waals surface area contributed by atoms with E-state index in [0.717, 1.165) is 0 Å². The van der Waals surface area contributed by atoms with Crippen LogP contribution >= 0.6 is 11.6 Å². The molecule has 0 fully saturated rings. The van der Waals surface area contributed by atoms with E-state index < -0.39 is 10.3 Å². The minimum atomic E-state index is -4.29. The molecule has 0 atom stereocenters. The molecule has 0 radical (unpaired) electrons. The van der Waals surface area contributed by atoms with E-state index >= 15 is 0 Å². The number of halogens is 1. The topological polar surface area (TPSA) is 79.3 Å². The van der Waals surface area contributed by atoms with Gasteiger partial charge in [0.25, 0.3) is 0 Å². The van der Waals surface area contributed by atoms with Crippen LogP contribution in [0.1, 0.15) is 0 Å². The Hall–Kier alpha value is -1.37. The van der Waals surface area contributed by atoms with E-state index in [9.17, 15) is 8.42 Å². The fraction of sp³-hybridized carbons (Fsp3) is 0. The third-order valence-electron chi connectivity index (χ3n) is 1.94. The van der Waals surface area contributed by atoms with Gasteiger partial charge in [0.15, 0.2) is 0 Å². The van der Waals surface area contributed by atoms with Gasteiger partial charge in [0.1, 0.15) is 0 Å². The zero-order valence-corrected chi connectivity index (χ0v) is 9.46. The third-order valence-corrected chi connectivity index (χ3v) is 2.66. The molecule has 0 aliphatic carbocycles. The van der Waals surface area contributed by atoms with Crippen molar-refractivity contribution in [2.45, 2.75) is 0 Å². The average Bonchev–Trinajstić information content (AvgIpc) is 2.15. The number of nitrogens with zero attached hydrogens (tertiary/aromatic N) is 1. The number of anilines is 1. The Morgan fingerprint density at radius 2 is 2.06 bits per heavy atom. The molecule has 84 valence electrons. The first-order valence-electron chi connectivity index (χ1n) is 4.25.